The van der Waals surface area contributed by atoms with E-state index in [1.807, 2.05) is 29.2 Å². The zero-order valence-electron chi connectivity index (χ0n) is 15.0. The number of rotatable bonds is 3. The first-order valence-electron chi connectivity index (χ1n) is 8.95. The fourth-order valence-electron chi connectivity index (χ4n) is 3.77. The van der Waals surface area contributed by atoms with Crippen LogP contribution in [0.4, 0.5) is 0 Å². The molecule has 7 heteroatoms. The highest BCUT2D eigenvalue weighted by Crippen LogP contribution is 2.27. The highest BCUT2D eigenvalue weighted by molar-refractivity contribution is 6.06. The Morgan fingerprint density at radius 3 is 2.52 bits per heavy atom. The number of piperidine rings is 1. The molecule has 1 aliphatic heterocycles. The number of carbonyl (C=O) groups excluding carboxylic acids is 1. The Morgan fingerprint density at radius 2 is 1.81 bits per heavy atom. The van der Waals surface area contributed by atoms with Crippen molar-refractivity contribution in [2.75, 3.05) is 13.1 Å². The smallest absolute Gasteiger partial charge is 0.339 e. The van der Waals surface area contributed by atoms with E-state index in [4.69, 9.17) is 0 Å². The van der Waals surface area contributed by atoms with Crippen LogP contribution in [0.25, 0.3) is 10.8 Å². The third kappa shape index (κ3) is 3.05. The predicted molar refractivity (Wildman–Crippen MR) is 99.8 cm³/mol. The lowest BCUT2D eigenvalue weighted by atomic mass is 10.0. The largest absolute Gasteiger partial charge is 0.478 e. The summed E-state index contributed by atoms with van der Waals surface area (Å²) in [5.74, 6) is -0.976. The summed E-state index contributed by atoms with van der Waals surface area (Å²) in [4.78, 5) is 30.3. The topological polar surface area (TPSA) is 88.3 Å². The third-order valence-corrected chi connectivity index (χ3v) is 5.27. The van der Waals surface area contributed by atoms with Gasteiger partial charge in [-0.2, -0.15) is 5.10 Å². The van der Waals surface area contributed by atoms with E-state index in [2.05, 4.69) is 10.1 Å². The molecule has 4 rings (SSSR count). The molecule has 0 spiro atoms. The Morgan fingerprint density at radius 1 is 1.07 bits per heavy atom. The molecule has 0 bridgehead atoms. The summed E-state index contributed by atoms with van der Waals surface area (Å²) in [6.07, 6.45) is 6.28. The molecular formula is C20H20N4O3. The highest BCUT2D eigenvalue weighted by Gasteiger charge is 2.27. The maximum Gasteiger partial charge on any atom is 0.339 e. The molecule has 1 saturated heterocycles. The van der Waals surface area contributed by atoms with Gasteiger partial charge in [-0.05, 0) is 25.2 Å². The average molecular weight is 364 g/mol. The Kier molecular flexibility index (Phi) is 4.35. The van der Waals surface area contributed by atoms with Crippen molar-refractivity contribution in [3.63, 3.8) is 0 Å². The molecule has 1 N–H and O–H groups in total. The summed E-state index contributed by atoms with van der Waals surface area (Å²) >= 11 is 0. The minimum atomic E-state index is -0.963. The number of carbonyl (C=O) groups is 2. The lowest BCUT2D eigenvalue weighted by Crippen LogP contribution is -2.39. The number of aromatic carboxylic acids is 1. The number of benzene rings is 1. The number of hydrogen-bond acceptors (Lipinski definition) is 4. The summed E-state index contributed by atoms with van der Waals surface area (Å²) in [6.45, 7) is 2.98. The molecule has 1 aliphatic rings. The SMILES string of the molecule is Cc1c(C(=O)O)cnn1C1CCN(C(=O)c2cncc3ccccc23)CC1. The monoisotopic (exact) mass is 364 g/mol. The minimum Gasteiger partial charge on any atom is -0.478 e. The first-order valence-corrected chi connectivity index (χ1v) is 8.95. The molecule has 0 saturated carbocycles. The summed E-state index contributed by atoms with van der Waals surface area (Å²) in [5, 5.41) is 15.3. The van der Waals surface area contributed by atoms with Crippen LogP contribution in [-0.2, 0) is 0 Å². The quantitative estimate of drug-likeness (QED) is 0.772. The zero-order valence-corrected chi connectivity index (χ0v) is 15.0. The summed E-state index contributed by atoms with van der Waals surface area (Å²) in [6, 6.07) is 7.85. The minimum absolute atomic E-state index is 0.0128. The van der Waals surface area contributed by atoms with Crippen molar-refractivity contribution < 1.29 is 14.7 Å². The molecule has 0 aliphatic carbocycles. The Labute approximate surface area is 156 Å². The molecule has 0 unspecified atom stereocenters. The molecule has 1 aromatic carbocycles. The number of carboxylic acids is 1. The molecule has 1 amide bonds. The van der Waals surface area contributed by atoms with Crippen LogP contribution in [0.5, 0.6) is 0 Å². The van der Waals surface area contributed by atoms with Gasteiger partial charge in [0.1, 0.15) is 5.56 Å². The average Bonchev–Trinajstić information content (AvgIpc) is 3.09. The molecular weight excluding hydrogens is 344 g/mol. The lowest BCUT2D eigenvalue weighted by Gasteiger charge is -2.32. The van der Waals surface area contributed by atoms with Crippen LogP contribution in [0.15, 0.2) is 42.9 Å². The molecule has 3 heterocycles. The number of pyridine rings is 1. The number of fused-ring (bicyclic) bond motifs is 1. The van der Waals surface area contributed by atoms with Crippen LogP contribution in [-0.4, -0.2) is 49.7 Å². The van der Waals surface area contributed by atoms with Gasteiger partial charge >= 0.3 is 5.97 Å². The molecule has 0 atom stereocenters. The Hall–Kier alpha value is -3.22. The molecule has 0 radical (unpaired) electrons. The molecule has 7 nitrogen and oxygen atoms in total. The summed E-state index contributed by atoms with van der Waals surface area (Å²) in [7, 11) is 0. The molecule has 2 aromatic heterocycles. The second kappa shape index (κ2) is 6.83. The van der Waals surface area contributed by atoms with Crippen LogP contribution in [0.1, 0.15) is 45.3 Å². The van der Waals surface area contributed by atoms with Crippen molar-refractivity contribution in [2.24, 2.45) is 0 Å². The van der Waals surface area contributed by atoms with Crippen molar-refractivity contribution in [1.29, 1.82) is 0 Å². The van der Waals surface area contributed by atoms with Crippen LogP contribution in [0.3, 0.4) is 0 Å². The van der Waals surface area contributed by atoms with Gasteiger partial charge in [-0.15, -0.1) is 0 Å². The molecule has 3 aromatic rings. The predicted octanol–water partition coefficient (Wildman–Crippen LogP) is 2.92. The zero-order chi connectivity index (χ0) is 19.0. The molecule has 1 fully saturated rings. The van der Waals surface area contributed by atoms with Crippen molar-refractivity contribution in [3.05, 3.63) is 59.7 Å². The van der Waals surface area contributed by atoms with E-state index in [1.165, 1.54) is 6.20 Å². The van der Waals surface area contributed by atoms with E-state index in [9.17, 15) is 14.7 Å². The van der Waals surface area contributed by atoms with E-state index in [0.717, 1.165) is 23.6 Å². The Balaban J connectivity index is 1.51. The van der Waals surface area contributed by atoms with E-state index in [1.54, 1.807) is 24.0 Å². The molecule has 138 valence electrons. The van der Waals surface area contributed by atoms with Crippen molar-refractivity contribution in [3.8, 4) is 0 Å². The number of amides is 1. The van der Waals surface area contributed by atoms with Gasteiger partial charge in [0.2, 0.25) is 0 Å². The van der Waals surface area contributed by atoms with E-state index >= 15 is 0 Å². The van der Waals surface area contributed by atoms with Gasteiger partial charge in [0.05, 0.1) is 23.5 Å². The standard InChI is InChI=1S/C20H20N4O3/c1-13-17(20(26)27)12-22-24(13)15-6-8-23(9-7-15)19(25)18-11-21-10-14-4-2-3-5-16(14)18/h2-5,10-12,15H,6-9H2,1H3,(H,26,27). The van der Waals surface area contributed by atoms with E-state index < -0.39 is 5.97 Å². The maximum absolute atomic E-state index is 13.0. The van der Waals surface area contributed by atoms with Crippen LogP contribution in [0.2, 0.25) is 0 Å². The van der Waals surface area contributed by atoms with Gasteiger partial charge in [0.15, 0.2) is 0 Å². The third-order valence-electron chi connectivity index (χ3n) is 5.27. The van der Waals surface area contributed by atoms with Gasteiger partial charge in [-0.3, -0.25) is 14.5 Å². The number of carboxylic acid groups (broad SMARTS) is 1. The van der Waals surface area contributed by atoms with E-state index in [0.29, 0.717) is 24.3 Å². The highest BCUT2D eigenvalue weighted by atomic mass is 16.4. The number of likely N-dealkylation sites (tertiary alicyclic amines) is 1. The van der Waals surface area contributed by atoms with Gasteiger partial charge in [-0.1, -0.05) is 24.3 Å². The van der Waals surface area contributed by atoms with Gasteiger partial charge in [-0.25, -0.2) is 4.79 Å². The van der Waals surface area contributed by atoms with Crippen LogP contribution < -0.4 is 0 Å². The fourth-order valence-corrected chi connectivity index (χ4v) is 3.77. The van der Waals surface area contributed by atoms with Crippen LogP contribution >= 0.6 is 0 Å². The second-order valence-electron chi connectivity index (χ2n) is 6.82. The number of nitrogens with zero attached hydrogens (tertiary/aromatic N) is 4. The lowest BCUT2D eigenvalue weighted by molar-refractivity contribution is 0.0689. The first-order chi connectivity index (χ1) is 13.1. The fraction of sp³-hybridized carbons (Fsp3) is 0.300. The molecule has 27 heavy (non-hydrogen) atoms. The normalized spacial score (nSPS) is 15.2. The second-order valence-corrected chi connectivity index (χ2v) is 6.82. The Bertz CT molecular complexity index is 1010. The van der Waals surface area contributed by atoms with E-state index in [-0.39, 0.29) is 17.5 Å². The van der Waals surface area contributed by atoms with Crippen molar-refractivity contribution in [1.82, 2.24) is 19.7 Å². The van der Waals surface area contributed by atoms with Crippen LogP contribution in [0, 0.1) is 6.92 Å². The first kappa shape index (κ1) is 17.2. The number of aromatic nitrogens is 3. The van der Waals surface area contributed by atoms with Crippen molar-refractivity contribution in [2.45, 2.75) is 25.8 Å². The summed E-state index contributed by atoms with van der Waals surface area (Å²) in [5.41, 5.74) is 1.51. The number of hydrogen-bond donors (Lipinski definition) is 1. The van der Waals surface area contributed by atoms with Gasteiger partial charge in [0, 0.05) is 30.9 Å². The van der Waals surface area contributed by atoms with Gasteiger partial charge in [0.25, 0.3) is 5.91 Å². The maximum atomic E-state index is 13.0. The van der Waals surface area contributed by atoms with Gasteiger partial charge < -0.3 is 10.0 Å². The summed E-state index contributed by atoms with van der Waals surface area (Å²) < 4.78 is 1.78. The van der Waals surface area contributed by atoms with Crippen molar-refractivity contribution >= 4 is 22.6 Å².